The Bertz CT molecular complexity index is 672. The second-order valence-electron chi connectivity index (χ2n) is 5.37. The van der Waals surface area contributed by atoms with Gasteiger partial charge in [-0.15, -0.1) is 0 Å². The topological polar surface area (TPSA) is 74.0 Å². The standard InChI is InChI=1S/C17H21N3O2/c1-11-10-15(12(2)19-11)8-9-18-17(22)14-4-6-16(7-5-14)20-13(3)21/h4-7,10,19H,8-9H2,1-3H3,(H,18,22)(H,20,21). The first kappa shape index (κ1) is 15.8. The minimum absolute atomic E-state index is 0.112. The molecule has 0 unspecified atom stereocenters. The zero-order valence-electron chi connectivity index (χ0n) is 13.1. The lowest BCUT2D eigenvalue weighted by molar-refractivity contribution is -0.114. The number of aromatic nitrogens is 1. The van der Waals surface area contributed by atoms with Gasteiger partial charge in [-0.2, -0.15) is 0 Å². The van der Waals surface area contributed by atoms with Crippen molar-refractivity contribution >= 4 is 17.5 Å². The summed E-state index contributed by atoms with van der Waals surface area (Å²) >= 11 is 0. The minimum atomic E-state index is -0.130. The van der Waals surface area contributed by atoms with E-state index in [2.05, 4.69) is 21.7 Å². The Kier molecular flexibility index (Phi) is 4.99. The average molecular weight is 299 g/mol. The zero-order chi connectivity index (χ0) is 16.1. The number of aryl methyl sites for hydroxylation is 2. The first-order chi connectivity index (χ1) is 10.5. The predicted octanol–water partition coefficient (Wildman–Crippen LogP) is 2.56. The maximum Gasteiger partial charge on any atom is 0.251 e. The number of H-pyrrole nitrogens is 1. The van der Waals surface area contributed by atoms with Gasteiger partial charge in [-0.3, -0.25) is 9.59 Å². The molecule has 0 fully saturated rings. The number of aromatic amines is 1. The molecule has 0 spiro atoms. The van der Waals surface area contributed by atoms with Crippen LogP contribution in [0, 0.1) is 13.8 Å². The van der Waals surface area contributed by atoms with Crippen LogP contribution in [0.4, 0.5) is 5.69 Å². The fourth-order valence-corrected chi connectivity index (χ4v) is 2.36. The molecule has 3 N–H and O–H groups in total. The molecule has 0 bridgehead atoms. The Morgan fingerprint density at radius 1 is 1.14 bits per heavy atom. The van der Waals surface area contributed by atoms with Gasteiger partial charge in [0.1, 0.15) is 0 Å². The predicted molar refractivity (Wildman–Crippen MR) is 87.0 cm³/mol. The third-order valence-electron chi connectivity index (χ3n) is 3.40. The van der Waals surface area contributed by atoms with Crippen molar-refractivity contribution in [2.24, 2.45) is 0 Å². The van der Waals surface area contributed by atoms with Crippen molar-refractivity contribution in [2.75, 3.05) is 11.9 Å². The lowest BCUT2D eigenvalue weighted by atomic mass is 10.1. The number of carbonyl (C=O) groups excluding carboxylic acids is 2. The summed E-state index contributed by atoms with van der Waals surface area (Å²) in [5.74, 6) is -0.242. The molecule has 0 radical (unpaired) electrons. The molecule has 5 nitrogen and oxygen atoms in total. The number of hydrogen-bond acceptors (Lipinski definition) is 2. The molecule has 2 rings (SSSR count). The summed E-state index contributed by atoms with van der Waals surface area (Å²) in [5.41, 5.74) is 4.76. The fraction of sp³-hybridized carbons (Fsp3) is 0.294. The highest BCUT2D eigenvalue weighted by molar-refractivity contribution is 5.95. The van der Waals surface area contributed by atoms with Gasteiger partial charge in [-0.1, -0.05) is 0 Å². The van der Waals surface area contributed by atoms with Gasteiger partial charge in [-0.25, -0.2) is 0 Å². The van der Waals surface area contributed by atoms with Gasteiger partial charge in [0.2, 0.25) is 5.91 Å². The highest BCUT2D eigenvalue weighted by Crippen LogP contribution is 2.11. The zero-order valence-corrected chi connectivity index (χ0v) is 13.1. The molecule has 2 aromatic rings. The summed E-state index contributed by atoms with van der Waals surface area (Å²) in [7, 11) is 0. The van der Waals surface area contributed by atoms with E-state index in [1.54, 1.807) is 24.3 Å². The first-order valence-electron chi connectivity index (χ1n) is 7.26. The molecule has 0 saturated heterocycles. The number of hydrogen-bond donors (Lipinski definition) is 3. The number of amides is 2. The number of anilines is 1. The van der Waals surface area contributed by atoms with E-state index in [1.165, 1.54) is 12.5 Å². The van der Waals surface area contributed by atoms with Crippen LogP contribution in [-0.4, -0.2) is 23.3 Å². The van der Waals surface area contributed by atoms with E-state index >= 15 is 0 Å². The van der Waals surface area contributed by atoms with E-state index < -0.39 is 0 Å². The Morgan fingerprint density at radius 3 is 2.36 bits per heavy atom. The van der Waals surface area contributed by atoms with Crippen LogP contribution in [0.2, 0.25) is 0 Å². The number of nitrogens with one attached hydrogen (secondary N) is 3. The molecule has 0 atom stereocenters. The van der Waals surface area contributed by atoms with Crippen LogP contribution < -0.4 is 10.6 Å². The first-order valence-corrected chi connectivity index (χ1v) is 7.26. The highest BCUT2D eigenvalue weighted by atomic mass is 16.2. The third-order valence-corrected chi connectivity index (χ3v) is 3.40. The third kappa shape index (κ3) is 4.22. The van der Waals surface area contributed by atoms with Crippen LogP contribution in [0.25, 0.3) is 0 Å². The van der Waals surface area contributed by atoms with E-state index in [4.69, 9.17) is 0 Å². The molecule has 0 aliphatic rings. The fourth-order valence-electron chi connectivity index (χ4n) is 2.36. The summed E-state index contributed by atoms with van der Waals surface area (Å²) in [6.07, 6.45) is 0.798. The van der Waals surface area contributed by atoms with Gasteiger partial charge < -0.3 is 15.6 Å². The van der Waals surface area contributed by atoms with Crippen molar-refractivity contribution in [3.05, 3.63) is 52.8 Å². The summed E-state index contributed by atoms with van der Waals surface area (Å²) in [5, 5.41) is 5.57. The van der Waals surface area contributed by atoms with Crippen molar-refractivity contribution in [3.8, 4) is 0 Å². The Balaban J connectivity index is 1.87. The van der Waals surface area contributed by atoms with Crippen molar-refractivity contribution < 1.29 is 9.59 Å². The van der Waals surface area contributed by atoms with Gasteiger partial charge in [0.15, 0.2) is 0 Å². The van der Waals surface area contributed by atoms with Crippen molar-refractivity contribution in [1.29, 1.82) is 0 Å². The van der Waals surface area contributed by atoms with Gasteiger partial charge in [0.25, 0.3) is 5.91 Å². The van der Waals surface area contributed by atoms with E-state index in [0.717, 1.165) is 17.8 Å². The molecule has 0 aliphatic carbocycles. The number of carbonyl (C=O) groups is 2. The van der Waals surface area contributed by atoms with E-state index in [1.807, 2.05) is 13.8 Å². The van der Waals surface area contributed by atoms with Crippen LogP contribution in [0.15, 0.2) is 30.3 Å². The van der Waals surface area contributed by atoms with Crippen molar-refractivity contribution in [1.82, 2.24) is 10.3 Å². The molecular formula is C17H21N3O2. The summed E-state index contributed by atoms with van der Waals surface area (Å²) in [6.45, 7) is 6.09. The molecule has 0 saturated carbocycles. The second kappa shape index (κ2) is 6.93. The van der Waals surface area contributed by atoms with E-state index in [9.17, 15) is 9.59 Å². The monoisotopic (exact) mass is 299 g/mol. The van der Waals surface area contributed by atoms with Crippen LogP contribution in [0.5, 0.6) is 0 Å². The molecule has 1 heterocycles. The van der Waals surface area contributed by atoms with Crippen molar-refractivity contribution in [2.45, 2.75) is 27.2 Å². The normalized spacial score (nSPS) is 10.3. The SMILES string of the molecule is CC(=O)Nc1ccc(C(=O)NCCc2cc(C)[nH]c2C)cc1. The van der Waals surface area contributed by atoms with Gasteiger partial charge in [0, 0.05) is 36.1 Å². The molecule has 2 amide bonds. The van der Waals surface area contributed by atoms with Gasteiger partial charge in [-0.05, 0) is 56.2 Å². The molecule has 22 heavy (non-hydrogen) atoms. The molecular weight excluding hydrogens is 278 g/mol. The van der Waals surface area contributed by atoms with Crippen LogP contribution in [0.1, 0.15) is 34.2 Å². The minimum Gasteiger partial charge on any atom is -0.362 e. The lowest BCUT2D eigenvalue weighted by Gasteiger charge is -2.06. The summed E-state index contributed by atoms with van der Waals surface area (Å²) in [4.78, 5) is 26.2. The van der Waals surface area contributed by atoms with Crippen LogP contribution in [-0.2, 0) is 11.2 Å². The average Bonchev–Trinajstić information content (AvgIpc) is 2.77. The molecule has 1 aromatic heterocycles. The maximum absolute atomic E-state index is 12.1. The largest absolute Gasteiger partial charge is 0.362 e. The molecule has 1 aromatic carbocycles. The van der Waals surface area contributed by atoms with Gasteiger partial charge >= 0.3 is 0 Å². The van der Waals surface area contributed by atoms with Crippen LogP contribution >= 0.6 is 0 Å². The number of benzene rings is 1. The summed E-state index contributed by atoms with van der Waals surface area (Å²) < 4.78 is 0. The van der Waals surface area contributed by atoms with Crippen molar-refractivity contribution in [3.63, 3.8) is 0 Å². The molecule has 5 heteroatoms. The Hall–Kier alpha value is -2.56. The maximum atomic E-state index is 12.1. The van der Waals surface area contributed by atoms with E-state index in [-0.39, 0.29) is 11.8 Å². The summed E-state index contributed by atoms with van der Waals surface area (Å²) in [6, 6.07) is 8.94. The number of rotatable bonds is 5. The Labute approximate surface area is 130 Å². The van der Waals surface area contributed by atoms with Gasteiger partial charge in [0.05, 0.1) is 0 Å². The van der Waals surface area contributed by atoms with E-state index in [0.29, 0.717) is 17.8 Å². The molecule has 116 valence electrons. The van der Waals surface area contributed by atoms with Crippen LogP contribution in [0.3, 0.4) is 0 Å². The lowest BCUT2D eigenvalue weighted by Crippen LogP contribution is -2.25. The smallest absolute Gasteiger partial charge is 0.251 e. The highest BCUT2D eigenvalue weighted by Gasteiger charge is 2.07. The quantitative estimate of drug-likeness (QED) is 0.794. The second-order valence-corrected chi connectivity index (χ2v) is 5.37. The Morgan fingerprint density at radius 2 is 1.82 bits per heavy atom. The molecule has 0 aliphatic heterocycles.